The molecule has 3 rings (SSSR count). The van der Waals surface area contributed by atoms with Crippen LogP contribution in [-0.4, -0.2) is 22.4 Å². The number of aromatic nitrogens is 1. The Kier molecular flexibility index (Phi) is 4.39. The monoisotopic (exact) mass is 344 g/mol. The maximum atomic E-state index is 12.0. The third-order valence-electron chi connectivity index (χ3n) is 3.57. The summed E-state index contributed by atoms with van der Waals surface area (Å²) in [4.78, 5) is 26.9. The van der Waals surface area contributed by atoms with Crippen LogP contribution in [0.25, 0.3) is 0 Å². The largest absolute Gasteiger partial charge is 0.476 e. The normalized spacial score (nSPS) is 12.3. The smallest absolute Gasteiger partial charge is 0.406 e. The molecule has 0 aromatic carbocycles. The summed E-state index contributed by atoms with van der Waals surface area (Å²) in [5.74, 6) is -1.01. The van der Waals surface area contributed by atoms with Crippen molar-refractivity contribution in [1.82, 2.24) is 4.98 Å². The lowest BCUT2D eigenvalue weighted by molar-refractivity contribution is -0.390. The molecule has 8 nitrogen and oxygen atoms in total. The zero-order valence-corrected chi connectivity index (χ0v) is 13.3. The molecule has 0 fully saturated rings. The highest BCUT2D eigenvalue weighted by atomic mass is 32.1. The quantitative estimate of drug-likeness (QED) is 0.657. The summed E-state index contributed by atoms with van der Waals surface area (Å²) in [7, 11) is 0. The van der Waals surface area contributed by atoms with Gasteiger partial charge in [-0.3, -0.25) is 4.79 Å². The molecule has 1 aliphatic rings. The van der Waals surface area contributed by atoms with Crippen LogP contribution in [-0.2, 0) is 17.6 Å². The van der Waals surface area contributed by atoms with Crippen molar-refractivity contribution in [3.8, 4) is 11.8 Å². The fourth-order valence-corrected chi connectivity index (χ4v) is 3.80. The van der Waals surface area contributed by atoms with Crippen molar-refractivity contribution < 1.29 is 14.5 Å². The molecule has 24 heavy (non-hydrogen) atoms. The highest BCUT2D eigenvalue weighted by Gasteiger charge is 2.23. The number of pyridine rings is 1. The van der Waals surface area contributed by atoms with Crippen LogP contribution in [0.5, 0.6) is 5.75 Å². The second-order valence-corrected chi connectivity index (χ2v) is 6.20. The number of carbonyl (C=O) groups excluding carboxylic acids is 1. The van der Waals surface area contributed by atoms with Crippen LogP contribution in [0.1, 0.15) is 22.4 Å². The van der Waals surface area contributed by atoms with Crippen molar-refractivity contribution >= 4 is 28.1 Å². The van der Waals surface area contributed by atoms with Crippen molar-refractivity contribution in [2.24, 2.45) is 0 Å². The van der Waals surface area contributed by atoms with E-state index in [-0.39, 0.29) is 5.75 Å². The minimum Gasteiger partial charge on any atom is -0.476 e. The SMILES string of the molecule is N#Cc1c(NC(=O)COc2cccnc2[N+](=O)[O-])sc2c1CCC2. The summed E-state index contributed by atoms with van der Waals surface area (Å²) in [5.41, 5.74) is 1.52. The Morgan fingerprint density at radius 2 is 2.38 bits per heavy atom. The van der Waals surface area contributed by atoms with Crippen molar-refractivity contribution in [3.63, 3.8) is 0 Å². The summed E-state index contributed by atoms with van der Waals surface area (Å²) < 4.78 is 5.19. The van der Waals surface area contributed by atoms with Gasteiger partial charge < -0.3 is 20.2 Å². The maximum Gasteiger partial charge on any atom is 0.406 e. The molecule has 9 heteroatoms. The Morgan fingerprint density at radius 1 is 1.54 bits per heavy atom. The van der Waals surface area contributed by atoms with Gasteiger partial charge in [-0.1, -0.05) is 0 Å². The van der Waals surface area contributed by atoms with Crippen LogP contribution in [0.2, 0.25) is 0 Å². The van der Waals surface area contributed by atoms with Gasteiger partial charge in [-0.15, -0.1) is 11.3 Å². The molecule has 0 saturated carbocycles. The topological polar surface area (TPSA) is 118 Å². The third-order valence-corrected chi connectivity index (χ3v) is 4.78. The second kappa shape index (κ2) is 6.64. The number of anilines is 1. The number of carbonyl (C=O) groups is 1. The van der Waals surface area contributed by atoms with Gasteiger partial charge in [0.25, 0.3) is 5.91 Å². The van der Waals surface area contributed by atoms with Crippen molar-refractivity contribution in [2.75, 3.05) is 11.9 Å². The number of aryl methyl sites for hydroxylation is 1. The molecule has 0 unspecified atom stereocenters. The molecule has 0 radical (unpaired) electrons. The first-order valence-corrected chi connectivity index (χ1v) is 7.98. The minimum atomic E-state index is -0.676. The Labute approximate surface area is 140 Å². The summed E-state index contributed by atoms with van der Waals surface area (Å²) in [6.45, 7) is -0.403. The summed E-state index contributed by atoms with van der Waals surface area (Å²) in [5, 5.41) is 23.3. The van der Waals surface area contributed by atoms with Crippen LogP contribution in [0.15, 0.2) is 18.3 Å². The van der Waals surface area contributed by atoms with E-state index in [9.17, 15) is 20.2 Å². The molecule has 1 N–H and O–H groups in total. The summed E-state index contributed by atoms with van der Waals surface area (Å²) in [6, 6.07) is 4.99. The molecule has 2 heterocycles. The van der Waals surface area contributed by atoms with E-state index in [0.717, 1.165) is 29.7 Å². The number of ether oxygens (including phenoxy) is 1. The van der Waals surface area contributed by atoms with Gasteiger partial charge >= 0.3 is 5.82 Å². The molecule has 0 bridgehead atoms. The minimum absolute atomic E-state index is 0.0770. The molecule has 0 aliphatic heterocycles. The van der Waals surface area contributed by atoms with Crippen molar-refractivity contribution in [1.29, 1.82) is 5.26 Å². The van der Waals surface area contributed by atoms with E-state index in [4.69, 9.17) is 4.74 Å². The van der Waals surface area contributed by atoms with E-state index >= 15 is 0 Å². The lowest BCUT2D eigenvalue weighted by Gasteiger charge is -2.06. The average Bonchev–Trinajstić information content (AvgIpc) is 3.13. The molecule has 1 amide bonds. The van der Waals surface area contributed by atoms with Gasteiger partial charge in [0.05, 0.1) is 5.56 Å². The van der Waals surface area contributed by atoms with Gasteiger partial charge in [-0.05, 0) is 46.9 Å². The van der Waals surface area contributed by atoms with Crippen LogP contribution in [0, 0.1) is 21.4 Å². The van der Waals surface area contributed by atoms with Crippen LogP contribution >= 0.6 is 11.3 Å². The second-order valence-electron chi connectivity index (χ2n) is 5.09. The third kappa shape index (κ3) is 3.04. The standard InChI is InChI=1S/C15H12N4O4S/c16-7-10-9-3-1-5-12(9)24-15(10)18-13(20)8-23-11-4-2-6-17-14(11)19(21)22/h2,4,6H,1,3,5,8H2,(H,18,20). The van der Waals surface area contributed by atoms with Gasteiger partial charge in [-0.2, -0.15) is 5.26 Å². The number of nitrogens with one attached hydrogen (secondary N) is 1. The summed E-state index contributed by atoms with van der Waals surface area (Å²) in [6.07, 6.45) is 4.07. The van der Waals surface area contributed by atoms with Crippen LogP contribution < -0.4 is 10.1 Å². The van der Waals surface area contributed by atoms with Crippen molar-refractivity contribution in [3.05, 3.63) is 44.4 Å². The molecular weight excluding hydrogens is 332 g/mol. The van der Waals surface area contributed by atoms with Crippen LogP contribution in [0.4, 0.5) is 10.8 Å². The number of rotatable bonds is 5. The highest BCUT2D eigenvalue weighted by molar-refractivity contribution is 7.16. The van der Waals surface area contributed by atoms with E-state index < -0.39 is 23.3 Å². The van der Waals surface area contributed by atoms with Gasteiger partial charge in [0.2, 0.25) is 5.75 Å². The summed E-state index contributed by atoms with van der Waals surface area (Å²) >= 11 is 1.40. The van der Waals surface area contributed by atoms with Gasteiger partial charge in [0.1, 0.15) is 17.3 Å². The van der Waals surface area contributed by atoms with E-state index in [0.29, 0.717) is 10.6 Å². The Balaban J connectivity index is 1.67. The first-order valence-electron chi connectivity index (χ1n) is 7.17. The number of amides is 1. The Hall–Kier alpha value is -2.99. The molecule has 122 valence electrons. The number of nitro groups is 1. The molecular formula is C15H12N4O4S. The highest BCUT2D eigenvalue weighted by Crippen LogP contribution is 2.38. The Morgan fingerprint density at radius 3 is 3.12 bits per heavy atom. The van der Waals surface area contributed by atoms with E-state index in [2.05, 4.69) is 16.4 Å². The maximum absolute atomic E-state index is 12.0. The Bertz CT molecular complexity index is 856. The predicted octanol–water partition coefficient (Wildman–Crippen LogP) is 2.43. The molecule has 2 aromatic heterocycles. The zero-order chi connectivity index (χ0) is 17.1. The zero-order valence-electron chi connectivity index (χ0n) is 12.4. The number of fused-ring (bicyclic) bond motifs is 1. The molecule has 0 spiro atoms. The molecule has 0 saturated heterocycles. The van der Waals surface area contributed by atoms with Gasteiger partial charge in [0.15, 0.2) is 6.61 Å². The van der Waals surface area contributed by atoms with E-state index in [1.807, 2.05) is 0 Å². The fraction of sp³-hybridized carbons (Fsp3) is 0.267. The predicted molar refractivity (Wildman–Crippen MR) is 86.1 cm³/mol. The number of hydrogen-bond acceptors (Lipinski definition) is 7. The van der Waals surface area contributed by atoms with Gasteiger partial charge in [-0.25, -0.2) is 0 Å². The molecule has 2 aromatic rings. The van der Waals surface area contributed by atoms with Gasteiger partial charge in [0, 0.05) is 4.88 Å². The first kappa shape index (κ1) is 15.9. The number of thiophene rings is 1. The fourth-order valence-electron chi connectivity index (χ4n) is 2.55. The van der Waals surface area contributed by atoms with E-state index in [1.54, 1.807) is 0 Å². The number of nitriles is 1. The lowest BCUT2D eigenvalue weighted by atomic mass is 10.1. The number of hydrogen-bond donors (Lipinski definition) is 1. The first-order chi connectivity index (χ1) is 11.6. The molecule has 0 atom stereocenters. The van der Waals surface area contributed by atoms with E-state index in [1.165, 1.54) is 29.7 Å². The molecule has 1 aliphatic carbocycles. The lowest BCUT2D eigenvalue weighted by Crippen LogP contribution is -2.20. The van der Waals surface area contributed by atoms with Crippen LogP contribution in [0.3, 0.4) is 0 Å². The average molecular weight is 344 g/mol. The number of nitrogens with zero attached hydrogens (tertiary/aromatic N) is 3. The van der Waals surface area contributed by atoms with Crippen molar-refractivity contribution in [2.45, 2.75) is 19.3 Å².